The Balaban J connectivity index is 2.78. The van der Waals surface area contributed by atoms with Gasteiger partial charge in [0, 0.05) is 12.1 Å². The van der Waals surface area contributed by atoms with Crippen molar-refractivity contribution in [2.24, 2.45) is 5.73 Å². The SMILES string of the molecule is CC(C)(C)OC(=O)NC(Cc1cccc(NC(N)=S)c1)C(=O)O. The summed E-state index contributed by atoms with van der Waals surface area (Å²) >= 11 is 4.76. The number of carbonyl (C=O) groups is 2. The summed E-state index contributed by atoms with van der Waals surface area (Å²) in [5, 5.41) is 14.5. The zero-order chi connectivity index (χ0) is 17.6. The van der Waals surface area contributed by atoms with Crippen molar-refractivity contribution in [2.45, 2.75) is 38.8 Å². The van der Waals surface area contributed by atoms with E-state index in [2.05, 4.69) is 10.6 Å². The van der Waals surface area contributed by atoms with Gasteiger partial charge in [0.15, 0.2) is 5.11 Å². The van der Waals surface area contributed by atoms with Crippen molar-refractivity contribution in [3.63, 3.8) is 0 Å². The number of ether oxygens (including phenoxy) is 1. The van der Waals surface area contributed by atoms with Crippen LogP contribution in [0.3, 0.4) is 0 Å². The lowest BCUT2D eigenvalue weighted by Crippen LogP contribution is -2.44. The van der Waals surface area contributed by atoms with E-state index >= 15 is 0 Å². The molecule has 1 aromatic rings. The highest BCUT2D eigenvalue weighted by Gasteiger charge is 2.24. The van der Waals surface area contributed by atoms with Crippen molar-refractivity contribution in [1.82, 2.24) is 5.32 Å². The van der Waals surface area contributed by atoms with Gasteiger partial charge in [0.2, 0.25) is 0 Å². The molecule has 0 fully saturated rings. The first-order valence-corrected chi connectivity index (χ1v) is 7.35. The van der Waals surface area contributed by atoms with Crippen LogP contribution in [0.2, 0.25) is 0 Å². The fourth-order valence-corrected chi connectivity index (χ4v) is 1.92. The summed E-state index contributed by atoms with van der Waals surface area (Å²) in [6.45, 7) is 5.10. The summed E-state index contributed by atoms with van der Waals surface area (Å²) in [5.74, 6) is -1.15. The van der Waals surface area contributed by atoms with Gasteiger partial charge in [-0.3, -0.25) is 0 Å². The van der Waals surface area contributed by atoms with Crippen LogP contribution in [-0.2, 0) is 16.0 Å². The molecule has 1 unspecified atom stereocenters. The van der Waals surface area contributed by atoms with E-state index in [-0.39, 0.29) is 11.5 Å². The van der Waals surface area contributed by atoms with E-state index in [1.54, 1.807) is 45.0 Å². The minimum absolute atomic E-state index is 0.0986. The molecule has 1 rings (SSSR count). The van der Waals surface area contributed by atoms with E-state index in [0.29, 0.717) is 11.3 Å². The second-order valence-electron chi connectivity index (χ2n) is 5.93. The highest BCUT2D eigenvalue weighted by Crippen LogP contribution is 2.13. The zero-order valence-corrected chi connectivity index (χ0v) is 14.1. The molecule has 8 heteroatoms. The van der Waals surface area contributed by atoms with Gasteiger partial charge in [-0.25, -0.2) is 9.59 Å². The van der Waals surface area contributed by atoms with Crippen LogP contribution >= 0.6 is 12.2 Å². The second kappa shape index (κ2) is 7.77. The van der Waals surface area contributed by atoms with Gasteiger partial charge in [-0.2, -0.15) is 0 Å². The number of rotatable bonds is 5. The zero-order valence-electron chi connectivity index (χ0n) is 13.3. The third kappa shape index (κ3) is 7.46. The van der Waals surface area contributed by atoms with Gasteiger partial charge in [0.1, 0.15) is 11.6 Å². The highest BCUT2D eigenvalue weighted by atomic mass is 32.1. The first kappa shape index (κ1) is 18.7. The number of alkyl carbamates (subject to hydrolysis) is 1. The van der Waals surface area contributed by atoms with Gasteiger partial charge in [0.25, 0.3) is 0 Å². The second-order valence-corrected chi connectivity index (χ2v) is 6.37. The quantitative estimate of drug-likeness (QED) is 0.605. The number of amides is 1. The number of aliphatic carboxylic acids is 1. The van der Waals surface area contributed by atoms with Crippen LogP contribution in [0.15, 0.2) is 24.3 Å². The molecular weight excluding hydrogens is 318 g/mol. The minimum Gasteiger partial charge on any atom is -0.480 e. The molecule has 0 spiro atoms. The molecular formula is C15H21N3O4S. The van der Waals surface area contributed by atoms with Crippen LogP contribution in [0.5, 0.6) is 0 Å². The van der Waals surface area contributed by atoms with Crippen molar-refractivity contribution in [3.8, 4) is 0 Å². The summed E-state index contributed by atoms with van der Waals surface area (Å²) in [5.41, 5.74) is 6.05. The number of carbonyl (C=O) groups excluding carboxylic acids is 1. The van der Waals surface area contributed by atoms with Gasteiger partial charge in [-0.15, -0.1) is 0 Å². The maximum atomic E-state index is 11.7. The molecule has 0 aromatic heterocycles. The fourth-order valence-electron chi connectivity index (χ4n) is 1.80. The Bertz CT molecular complexity index is 599. The molecule has 1 aromatic carbocycles. The number of carboxylic acid groups (broad SMARTS) is 1. The van der Waals surface area contributed by atoms with Crippen LogP contribution in [-0.4, -0.2) is 33.9 Å². The summed E-state index contributed by atoms with van der Waals surface area (Å²) in [6, 6.07) is 5.84. The number of nitrogens with one attached hydrogen (secondary N) is 2. The molecule has 0 bridgehead atoms. The smallest absolute Gasteiger partial charge is 0.408 e. The average Bonchev–Trinajstić information content (AvgIpc) is 2.35. The van der Waals surface area contributed by atoms with Crippen molar-refractivity contribution in [2.75, 3.05) is 5.32 Å². The third-order valence-electron chi connectivity index (χ3n) is 2.62. The van der Waals surface area contributed by atoms with Gasteiger partial charge >= 0.3 is 12.1 Å². The van der Waals surface area contributed by atoms with E-state index in [4.69, 9.17) is 22.7 Å². The van der Waals surface area contributed by atoms with E-state index in [1.165, 1.54) is 0 Å². The number of nitrogens with two attached hydrogens (primary N) is 1. The Morgan fingerprint density at radius 3 is 2.57 bits per heavy atom. The van der Waals surface area contributed by atoms with E-state index in [0.717, 1.165) is 0 Å². The van der Waals surface area contributed by atoms with Crippen molar-refractivity contribution >= 4 is 35.1 Å². The van der Waals surface area contributed by atoms with Crippen LogP contribution in [0, 0.1) is 0 Å². The minimum atomic E-state index is -1.15. The predicted molar refractivity (Wildman–Crippen MR) is 91.3 cm³/mol. The maximum absolute atomic E-state index is 11.7. The normalized spacial score (nSPS) is 12.1. The van der Waals surface area contributed by atoms with E-state index < -0.39 is 23.7 Å². The van der Waals surface area contributed by atoms with Crippen molar-refractivity contribution in [1.29, 1.82) is 0 Å². The van der Waals surface area contributed by atoms with Crippen LogP contribution < -0.4 is 16.4 Å². The van der Waals surface area contributed by atoms with Crippen LogP contribution in [0.4, 0.5) is 10.5 Å². The number of thiocarbonyl (C=S) groups is 1. The first-order chi connectivity index (χ1) is 10.6. The van der Waals surface area contributed by atoms with E-state index in [9.17, 15) is 14.7 Å². The Morgan fingerprint density at radius 1 is 1.39 bits per heavy atom. The van der Waals surface area contributed by atoms with Crippen molar-refractivity contribution in [3.05, 3.63) is 29.8 Å². The predicted octanol–water partition coefficient (Wildman–Crippen LogP) is 1.86. The molecule has 7 nitrogen and oxygen atoms in total. The van der Waals surface area contributed by atoms with Gasteiger partial charge < -0.3 is 26.2 Å². The van der Waals surface area contributed by atoms with Gasteiger partial charge in [-0.05, 0) is 50.7 Å². The largest absolute Gasteiger partial charge is 0.480 e. The number of hydrogen-bond donors (Lipinski definition) is 4. The summed E-state index contributed by atoms with van der Waals surface area (Å²) in [4.78, 5) is 23.1. The molecule has 1 atom stereocenters. The monoisotopic (exact) mass is 339 g/mol. The molecule has 23 heavy (non-hydrogen) atoms. The highest BCUT2D eigenvalue weighted by molar-refractivity contribution is 7.80. The Morgan fingerprint density at radius 2 is 2.04 bits per heavy atom. The lowest BCUT2D eigenvalue weighted by molar-refractivity contribution is -0.139. The third-order valence-corrected chi connectivity index (χ3v) is 2.73. The summed E-state index contributed by atoms with van der Waals surface area (Å²) in [7, 11) is 0. The summed E-state index contributed by atoms with van der Waals surface area (Å²) < 4.78 is 5.07. The number of anilines is 1. The Kier molecular flexibility index (Phi) is 6.32. The average molecular weight is 339 g/mol. The van der Waals surface area contributed by atoms with Gasteiger partial charge in [-0.1, -0.05) is 12.1 Å². The molecule has 0 aliphatic heterocycles. The van der Waals surface area contributed by atoms with Crippen LogP contribution in [0.25, 0.3) is 0 Å². The maximum Gasteiger partial charge on any atom is 0.408 e. The molecule has 1 amide bonds. The molecule has 0 aliphatic carbocycles. The molecule has 0 aliphatic rings. The van der Waals surface area contributed by atoms with Gasteiger partial charge in [0.05, 0.1) is 0 Å². The topological polar surface area (TPSA) is 114 Å². The molecule has 0 radical (unpaired) electrons. The molecule has 0 saturated carbocycles. The number of carboxylic acids is 1. The molecule has 5 N–H and O–H groups in total. The molecule has 126 valence electrons. The molecule has 0 saturated heterocycles. The lowest BCUT2D eigenvalue weighted by atomic mass is 10.1. The van der Waals surface area contributed by atoms with Crippen molar-refractivity contribution < 1.29 is 19.4 Å². The standard InChI is InChI=1S/C15H21N3O4S/c1-15(2,3)22-14(21)18-11(12(19)20)8-9-5-4-6-10(7-9)17-13(16)23/h4-7,11H,8H2,1-3H3,(H,18,21)(H,19,20)(H3,16,17,23). The first-order valence-electron chi connectivity index (χ1n) is 6.94. The molecule has 0 heterocycles. The Hall–Kier alpha value is -2.35. The summed E-state index contributed by atoms with van der Waals surface area (Å²) in [6.07, 6.45) is -0.677. The van der Waals surface area contributed by atoms with E-state index in [1.807, 2.05) is 0 Å². The number of hydrogen-bond acceptors (Lipinski definition) is 4. The lowest BCUT2D eigenvalue weighted by Gasteiger charge is -2.22. The van der Waals surface area contributed by atoms with Crippen LogP contribution in [0.1, 0.15) is 26.3 Å². The Labute approximate surface area is 140 Å². The number of benzene rings is 1. The fraction of sp³-hybridized carbons (Fsp3) is 0.400.